The van der Waals surface area contributed by atoms with Crippen molar-refractivity contribution in [2.24, 2.45) is 0 Å². The number of nitrogens with zero attached hydrogens (tertiary/aromatic N) is 4. The molecule has 0 aliphatic carbocycles. The standard InChI is InChI=1S/C11H8F3NOS2.2C11H11NO2S2.C10H9NO2S2/c1-5(10(16)17)9-15-7-4-6(11(12,13)14)2-3-8(7)18-9;1-7(6-10(13)14)15-11-12-8-4-2-3-5-9(8)16-11;13-10(14)6-3-7-15-11-12-8-4-1-2-5-9(8)16-11;12-9(13)5-6-14-10-11-7-3-1-2-4-8(7)15-10/h2-5H,1H3,(H,16,17);2-5,7H,6H2,1H3,(H,13,14);1-2,4-5H,3,6-7H2,(H,13,14);1-4H,5-6H2,(H,12,13). The third-order valence-corrected chi connectivity index (χ3v) is 16.6. The molecule has 0 bridgehead atoms. The van der Waals surface area contributed by atoms with Gasteiger partial charge in [0.1, 0.15) is 5.01 Å². The molecule has 4 heterocycles. The summed E-state index contributed by atoms with van der Waals surface area (Å²) in [6.07, 6.45) is -3.11. The SMILES string of the molecule is CC(C(=O)S)c1nc2cc(C(F)(F)F)ccc2s1.CC(CC(=O)O)Sc1nc2ccccc2s1.O=C(O)CCCSc1nc2ccccc2s1.O=C(O)CCSc1nc2ccccc2s1. The molecule has 3 N–H and O–H groups in total. The van der Waals surface area contributed by atoms with Crippen molar-refractivity contribution < 1.29 is 47.7 Å². The number of benzene rings is 4. The van der Waals surface area contributed by atoms with Crippen LogP contribution in [0, 0.1) is 0 Å². The number of carboxylic acids is 3. The zero-order valence-corrected chi connectivity index (χ0v) is 40.9. The van der Waals surface area contributed by atoms with Crippen LogP contribution in [0.5, 0.6) is 0 Å². The minimum Gasteiger partial charge on any atom is -0.481 e. The van der Waals surface area contributed by atoms with Gasteiger partial charge in [0.25, 0.3) is 0 Å². The number of para-hydroxylation sites is 3. The van der Waals surface area contributed by atoms with E-state index in [1.165, 1.54) is 45.6 Å². The number of carbonyl (C=O) groups is 4. The molecule has 0 aliphatic rings. The van der Waals surface area contributed by atoms with Crippen LogP contribution in [0.2, 0.25) is 0 Å². The van der Waals surface area contributed by atoms with Crippen molar-refractivity contribution >= 4 is 157 Å². The summed E-state index contributed by atoms with van der Waals surface area (Å²) in [7, 11) is 0. The number of carboxylic acid groups (broad SMARTS) is 3. The summed E-state index contributed by atoms with van der Waals surface area (Å²) in [5.74, 6) is -1.38. The average molecular weight is 1040 g/mol. The van der Waals surface area contributed by atoms with Gasteiger partial charge in [-0.15, -0.1) is 58.0 Å². The Morgan fingerprint density at radius 1 is 0.615 bits per heavy atom. The molecule has 0 amide bonds. The van der Waals surface area contributed by atoms with E-state index in [1.54, 1.807) is 52.7 Å². The Bertz CT molecular complexity index is 2770. The summed E-state index contributed by atoms with van der Waals surface area (Å²) in [5, 5.41) is 25.8. The summed E-state index contributed by atoms with van der Waals surface area (Å²) in [5.41, 5.74) is 2.51. The van der Waals surface area contributed by atoms with Crippen LogP contribution in [0.4, 0.5) is 13.2 Å². The second kappa shape index (κ2) is 25.0. The smallest absolute Gasteiger partial charge is 0.416 e. The fourth-order valence-electron chi connectivity index (χ4n) is 5.21. The molecule has 4 aromatic heterocycles. The Kier molecular flexibility index (Phi) is 19.9. The molecule has 2 atom stereocenters. The number of thioether (sulfide) groups is 3. The maximum absolute atomic E-state index is 12.5. The van der Waals surface area contributed by atoms with Crippen LogP contribution in [0.3, 0.4) is 0 Å². The number of thiol groups is 1. The van der Waals surface area contributed by atoms with Crippen molar-refractivity contribution in [1.82, 2.24) is 19.9 Å². The number of aliphatic carboxylic acids is 3. The van der Waals surface area contributed by atoms with E-state index >= 15 is 0 Å². The number of aromatic nitrogens is 4. The lowest BCUT2D eigenvalue weighted by molar-refractivity contribution is -0.138. The zero-order chi connectivity index (χ0) is 47.1. The third-order valence-electron chi connectivity index (χ3n) is 8.36. The zero-order valence-electron chi connectivity index (χ0n) is 34.3. The minimum absolute atomic E-state index is 0.0538. The van der Waals surface area contributed by atoms with Gasteiger partial charge < -0.3 is 15.3 Å². The van der Waals surface area contributed by atoms with Crippen molar-refractivity contribution in [3.05, 3.63) is 102 Å². The summed E-state index contributed by atoms with van der Waals surface area (Å²) < 4.78 is 44.6. The molecule has 0 radical (unpaired) electrons. The van der Waals surface area contributed by atoms with E-state index in [4.69, 9.17) is 15.3 Å². The molecule has 22 heteroatoms. The van der Waals surface area contributed by atoms with Crippen LogP contribution in [-0.4, -0.2) is 75.0 Å². The maximum Gasteiger partial charge on any atom is 0.416 e. The highest BCUT2D eigenvalue weighted by Gasteiger charge is 2.31. The highest BCUT2D eigenvalue weighted by atomic mass is 32.2. The first-order valence-corrected chi connectivity index (χ1v) is 25.9. The number of halogens is 3. The van der Waals surface area contributed by atoms with Crippen LogP contribution >= 0.6 is 93.3 Å². The van der Waals surface area contributed by atoms with Crippen molar-refractivity contribution in [3.63, 3.8) is 0 Å². The van der Waals surface area contributed by atoms with E-state index in [-0.39, 0.29) is 35.1 Å². The van der Waals surface area contributed by atoms with Gasteiger partial charge in [-0.05, 0) is 67.9 Å². The van der Waals surface area contributed by atoms with Crippen LogP contribution < -0.4 is 0 Å². The predicted molar refractivity (Wildman–Crippen MR) is 264 cm³/mol. The molecule has 0 saturated carbocycles. The van der Waals surface area contributed by atoms with E-state index < -0.39 is 35.6 Å². The van der Waals surface area contributed by atoms with Crippen molar-refractivity contribution in [3.8, 4) is 0 Å². The van der Waals surface area contributed by atoms with Crippen LogP contribution in [0.1, 0.15) is 56.0 Å². The van der Waals surface area contributed by atoms with Gasteiger partial charge in [0.05, 0.1) is 65.2 Å². The molecular formula is C43H39F3N4O7S8. The Balaban J connectivity index is 0.000000163. The van der Waals surface area contributed by atoms with Gasteiger partial charge in [0.15, 0.2) is 18.1 Å². The molecule has 2 unspecified atom stereocenters. The molecule has 342 valence electrons. The highest BCUT2D eigenvalue weighted by Crippen LogP contribution is 2.36. The van der Waals surface area contributed by atoms with E-state index in [1.807, 2.05) is 79.7 Å². The van der Waals surface area contributed by atoms with Crippen molar-refractivity contribution in [2.45, 2.75) is 69.9 Å². The van der Waals surface area contributed by atoms with Gasteiger partial charge in [-0.3, -0.25) is 19.2 Å². The van der Waals surface area contributed by atoms with Gasteiger partial charge in [0.2, 0.25) is 0 Å². The molecule has 0 fully saturated rings. The summed E-state index contributed by atoms with van der Waals surface area (Å²) in [4.78, 5) is 59.7. The van der Waals surface area contributed by atoms with E-state index in [9.17, 15) is 32.3 Å². The molecule has 8 rings (SSSR count). The quantitative estimate of drug-likeness (QED) is 0.0433. The number of alkyl halides is 3. The summed E-state index contributed by atoms with van der Waals surface area (Å²) in [6.45, 7) is 3.53. The van der Waals surface area contributed by atoms with Crippen LogP contribution in [0.25, 0.3) is 40.9 Å². The van der Waals surface area contributed by atoms with E-state index in [0.717, 1.165) is 56.9 Å². The first kappa shape index (κ1) is 51.7. The van der Waals surface area contributed by atoms with Crippen LogP contribution in [0.15, 0.2) is 104 Å². The third kappa shape index (κ3) is 16.8. The Morgan fingerprint density at radius 3 is 1.57 bits per heavy atom. The average Bonchev–Trinajstić information content (AvgIpc) is 4.05. The fourth-order valence-corrected chi connectivity index (χ4v) is 12.9. The second-order valence-electron chi connectivity index (χ2n) is 13.5. The number of hydrogen-bond acceptors (Lipinski definition) is 15. The lowest BCUT2D eigenvalue weighted by atomic mass is 10.2. The largest absolute Gasteiger partial charge is 0.481 e. The number of carbonyl (C=O) groups excluding carboxylic acids is 1. The van der Waals surface area contributed by atoms with Crippen LogP contribution in [-0.2, 0) is 25.4 Å². The maximum atomic E-state index is 12.5. The molecule has 65 heavy (non-hydrogen) atoms. The fraction of sp³-hybridized carbons (Fsp3) is 0.256. The van der Waals surface area contributed by atoms with Gasteiger partial charge >= 0.3 is 24.1 Å². The van der Waals surface area contributed by atoms with E-state index in [2.05, 4.69) is 32.6 Å². The topological polar surface area (TPSA) is 181 Å². The van der Waals surface area contributed by atoms with Crippen molar-refractivity contribution in [1.29, 1.82) is 0 Å². The molecule has 0 saturated heterocycles. The predicted octanol–water partition coefficient (Wildman–Crippen LogP) is 13.2. The Labute approximate surface area is 404 Å². The number of thiazole rings is 4. The molecule has 8 aromatic rings. The monoisotopic (exact) mass is 1040 g/mol. The first-order chi connectivity index (χ1) is 30.9. The van der Waals surface area contributed by atoms with E-state index in [0.29, 0.717) is 21.9 Å². The van der Waals surface area contributed by atoms with Gasteiger partial charge in [0, 0.05) is 23.2 Å². The molecule has 4 aromatic carbocycles. The Morgan fingerprint density at radius 2 is 1.09 bits per heavy atom. The first-order valence-electron chi connectivity index (χ1n) is 19.3. The number of hydrogen-bond donors (Lipinski definition) is 4. The molecular weight excluding hydrogens is 998 g/mol. The van der Waals surface area contributed by atoms with Crippen molar-refractivity contribution in [2.75, 3.05) is 11.5 Å². The molecule has 0 spiro atoms. The summed E-state index contributed by atoms with van der Waals surface area (Å²) in [6, 6.07) is 27.2. The highest BCUT2D eigenvalue weighted by molar-refractivity contribution is 8.02. The van der Waals surface area contributed by atoms with Gasteiger partial charge in [-0.25, -0.2) is 19.9 Å². The Hall–Kier alpha value is -4.29. The van der Waals surface area contributed by atoms with Gasteiger partial charge in [-0.1, -0.05) is 78.6 Å². The van der Waals surface area contributed by atoms with Gasteiger partial charge in [-0.2, -0.15) is 13.2 Å². The number of fused-ring (bicyclic) bond motifs is 4. The molecule has 11 nitrogen and oxygen atoms in total. The molecule has 0 aliphatic heterocycles. The summed E-state index contributed by atoms with van der Waals surface area (Å²) >= 11 is 14.4. The normalized spacial score (nSPS) is 12.1. The lowest BCUT2D eigenvalue weighted by Crippen LogP contribution is -2.05. The lowest BCUT2D eigenvalue weighted by Gasteiger charge is -2.04. The minimum atomic E-state index is -4.39. The number of rotatable bonds is 15. The second-order valence-corrected chi connectivity index (χ2v) is 22.5.